The highest BCUT2D eigenvalue weighted by molar-refractivity contribution is 5.65. The molecule has 0 saturated heterocycles. The third-order valence-corrected chi connectivity index (χ3v) is 2.94. The van der Waals surface area contributed by atoms with Crippen molar-refractivity contribution in [2.45, 2.75) is 27.2 Å². The van der Waals surface area contributed by atoms with E-state index in [9.17, 15) is 0 Å². The fourth-order valence-corrected chi connectivity index (χ4v) is 1.75. The molecular formula is C16H21N. The van der Waals surface area contributed by atoms with E-state index in [1.54, 1.807) is 0 Å². The second-order valence-corrected chi connectivity index (χ2v) is 4.56. The molecule has 1 heteroatoms. The number of allylic oxidation sites excluding steroid dienone is 3. The molecule has 90 valence electrons. The van der Waals surface area contributed by atoms with Crippen LogP contribution in [0.2, 0.25) is 0 Å². The molecule has 0 spiro atoms. The zero-order chi connectivity index (χ0) is 12.8. The molecule has 0 heterocycles. The van der Waals surface area contributed by atoms with Crippen LogP contribution < -0.4 is 5.73 Å². The lowest BCUT2D eigenvalue weighted by molar-refractivity contribution is 0.725. The van der Waals surface area contributed by atoms with Crippen molar-refractivity contribution >= 4 is 5.57 Å². The minimum absolute atomic E-state index is 0.478. The van der Waals surface area contributed by atoms with Crippen molar-refractivity contribution in [3.05, 3.63) is 59.5 Å². The van der Waals surface area contributed by atoms with Gasteiger partial charge in [0, 0.05) is 5.70 Å². The van der Waals surface area contributed by atoms with Crippen molar-refractivity contribution in [3.63, 3.8) is 0 Å². The molecule has 1 nitrogen and oxygen atoms in total. The third kappa shape index (κ3) is 3.97. The molecule has 0 radical (unpaired) electrons. The fraction of sp³-hybridized carbons (Fsp3) is 0.312. The lowest BCUT2D eigenvalue weighted by atomic mass is 9.98. The van der Waals surface area contributed by atoms with Gasteiger partial charge in [-0.15, -0.1) is 5.73 Å². The SMILES string of the molecule is C=C=CC(C)Cc1ccc(/C(C)=C(/C)N)cc1. The zero-order valence-corrected chi connectivity index (χ0v) is 11.0. The van der Waals surface area contributed by atoms with Crippen LogP contribution in [-0.2, 0) is 6.42 Å². The van der Waals surface area contributed by atoms with Crippen LogP contribution in [0.1, 0.15) is 31.9 Å². The van der Waals surface area contributed by atoms with Gasteiger partial charge in [-0.1, -0.05) is 37.8 Å². The van der Waals surface area contributed by atoms with Gasteiger partial charge < -0.3 is 5.73 Å². The monoisotopic (exact) mass is 227 g/mol. The van der Waals surface area contributed by atoms with Gasteiger partial charge in [-0.2, -0.15) is 0 Å². The Bertz CT molecular complexity index is 441. The predicted octanol–water partition coefficient (Wildman–Crippen LogP) is 3.92. The van der Waals surface area contributed by atoms with Crippen LogP contribution in [0, 0.1) is 5.92 Å². The largest absolute Gasteiger partial charge is 0.402 e. The minimum atomic E-state index is 0.478. The average Bonchev–Trinajstić information content (AvgIpc) is 2.29. The number of hydrogen-bond donors (Lipinski definition) is 1. The van der Waals surface area contributed by atoms with E-state index in [1.807, 2.05) is 19.9 Å². The third-order valence-electron chi connectivity index (χ3n) is 2.94. The lowest BCUT2D eigenvalue weighted by Crippen LogP contribution is -1.97. The Labute approximate surface area is 104 Å². The van der Waals surface area contributed by atoms with E-state index < -0.39 is 0 Å². The highest BCUT2D eigenvalue weighted by Gasteiger charge is 2.01. The molecule has 17 heavy (non-hydrogen) atoms. The molecule has 0 aromatic heterocycles. The lowest BCUT2D eigenvalue weighted by Gasteiger charge is -2.08. The summed E-state index contributed by atoms with van der Waals surface area (Å²) < 4.78 is 0. The molecule has 1 unspecified atom stereocenters. The summed E-state index contributed by atoms with van der Waals surface area (Å²) in [6, 6.07) is 8.58. The van der Waals surface area contributed by atoms with Crippen LogP contribution >= 0.6 is 0 Å². The molecular weight excluding hydrogens is 206 g/mol. The highest BCUT2D eigenvalue weighted by Crippen LogP contribution is 2.18. The average molecular weight is 227 g/mol. The first-order valence-electron chi connectivity index (χ1n) is 5.92. The quantitative estimate of drug-likeness (QED) is 0.775. The van der Waals surface area contributed by atoms with Crippen LogP contribution in [0.3, 0.4) is 0 Å². The molecule has 0 aliphatic heterocycles. The van der Waals surface area contributed by atoms with Crippen LogP contribution in [-0.4, -0.2) is 0 Å². The summed E-state index contributed by atoms with van der Waals surface area (Å²) in [6.45, 7) is 9.75. The van der Waals surface area contributed by atoms with E-state index in [2.05, 4.69) is 43.5 Å². The first-order valence-corrected chi connectivity index (χ1v) is 5.92. The summed E-state index contributed by atoms with van der Waals surface area (Å²) in [7, 11) is 0. The molecule has 0 aliphatic carbocycles. The van der Waals surface area contributed by atoms with E-state index in [1.165, 1.54) is 11.1 Å². The Hall–Kier alpha value is -1.72. The maximum absolute atomic E-state index is 5.79. The number of hydrogen-bond acceptors (Lipinski definition) is 1. The van der Waals surface area contributed by atoms with Crippen molar-refractivity contribution in [1.82, 2.24) is 0 Å². The van der Waals surface area contributed by atoms with E-state index in [0.29, 0.717) is 5.92 Å². The van der Waals surface area contributed by atoms with Crippen molar-refractivity contribution in [3.8, 4) is 0 Å². The molecule has 1 rings (SSSR count). The molecule has 0 bridgehead atoms. The fourth-order valence-electron chi connectivity index (χ4n) is 1.75. The van der Waals surface area contributed by atoms with Crippen LogP contribution in [0.25, 0.3) is 5.57 Å². The van der Waals surface area contributed by atoms with Crippen LogP contribution in [0.4, 0.5) is 0 Å². The smallest absolute Gasteiger partial charge is 0.00846 e. The maximum atomic E-state index is 5.79. The molecule has 1 aromatic rings. The summed E-state index contributed by atoms with van der Waals surface area (Å²) in [6.07, 6.45) is 3.02. The Morgan fingerprint density at radius 1 is 1.35 bits per heavy atom. The van der Waals surface area contributed by atoms with Gasteiger partial charge in [0.25, 0.3) is 0 Å². The van der Waals surface area contributed by atoms with Gasteiger partial charge >= 0.3 is 0 Å². The van der Waals surface area contributed by atoms with Gasteiger partial charge in [-0.05, 0) is 49.0 Å². The number of benzene rings is 1. The van der Waals surface area contributed by atoms with E-state index in [4.69, 9.17) is 5.73 Å². The van der Waals surface area contributed by atoms with Crippen molar-refractivity contribution in [2.75, 3.05) is 0 Å². The second kappa shape index (κ2) is 6.12. The van der Waals surface area contributed by atoms with E-state index >= 15 is 0 Å². The Kier molecular flexibility index (Phi) is 4.81. The molecule has 0 fully saturated rings. The predicted molar refractivity (Wildman–Crippen MR) is 75.5 cm³/mol. The minimum Gasteiger partial charge on any atom is -0.402 e. The van der Waals surface area contributed by atoms with Gasteiger partial charge in [0.15, 0.2) is 0 Å². The zero-order valence-electron chi connectivity index (χ0n) is 11.0. The summed E-state index contributed by atoms with van der Waals surface area (Å²) in [5.74, 6) is 0.478. The Morgan fingerprint density at radius 2 is 1.94 bits per heavy atom. The molecule has 0 amide bonds. The summed E-state index contributed by atoms with van der Waals surface area (Å²) >= 11 is 0. The van der Waals surface area contributed by atoms with Crippen molar-refractivity contribution in [1.29, 1.82) is 0 Å². The normalized spacial score (nSPS) is 13.6. The standard InChI is InChI=1S/C16H21N/c1-5-6-12(2)11-15-7-9-16(10-8-15)13(3)14(4)17/h6-10,12H,1,11,17H2,2-4H3/b14-13-. The molecule has 0 aliphatic rings. The maximum Gasteiger partial charge on any atom is 0.00846 e. The summed E-state index contributed by atoms with van der Waals surface area (Å²) in [5, 5.41) is 0. The van der Waals surface area contributed by atoms with E-state index in [0.717, 1.165) is 17.7 Å². The Morgan fingerprint density at radius 3 is 2.41 bits per heavy atom. The number of nitrogens with two attached hydrogens (primary N) is 1. The van der Waals surface area contributed by atoms with Gasteiger partial charge in [-0.3, -0.25) is 0 Å². The Balaban J connectivity index is 2.82. The first kappa shape index (κ1) is 13.3. The second-order valence-electron chi connectivity index (χ2n) is 4.56. The highest BCUT2D eigenvalue weighted by atomic mass is 14.6. The van der Waals surface area contributed by atoms with Gasteiger partial charge in [0.1, 0.15) is 0 Å². The van der Waals surface area contributed by atoms with Gasteiger partial charge in [0.05, 0.1) is 0 Å². The first-order chi connectivity index (χ1) is 8.04. The number of rotatable bonds is 4. The van der Waals surface area contributed by atoms with Crippen molar-refractivity contribution in [2.24, 2.45) is 11.7 Å². The topological polar surface area (TPSA) is 26.0 Å². The molecule has 1 atom stereocenters. The molecule has 0 saturated carbocycles. The molecule has 2 N–H and O–H groups in total. The van der Waals surface area contributed by atoms with Crippen LogP contribution in [0.15, 0.2) is 48.3 Å². The summed E-state index contributed by atoms with van der Waals surface area (Å²) in [5.41, 5.74) is 13.2. The van der Waals surface area contributed by atoms with Gasteiger partial charge in [0.2, 0.25) is 0 Å². The summed E-state index contributed by atoms with van der Waals surface area (Å²) in [4.78, 5) is 0. The van der Waals surface area contributed by atoms with Crippen LogP contribution in [0.5, 0.6) is 0 Å². The van der Waals surface area contributed by atoms with E-state index in [-0.39, 0.29) is 0 Å². The molecule has 1 aromatic carbocycles. The van der Waals surface area contributed by atoms with Crippen molar-refractivity contribution < 1.29 is 0 Å². The van der Waals surface area contributed by atoms with Gasteiger partial charge in [-0.25, -0.2) is 0 Å².